The van der Waals surface area contributed by atoms with Crippen LogP contribution in [0.1, 0.15) is 22.8 Å². The minimum Gasteiger partial charge on any atom is -0.462 e. The van der Waals surface area contributed by atoms with Crippen molar-refractivity contribution in [1.29, 1.82) is 0 Å². The standard InChI is InChI=1S/C20H21ClN2O4S/c1-3-27-20(26)14-5-8-16(9-6-14)22-18(24)11-28-12-19(25)23-17-10-15(21)7-4-13(17)2/h4-10H,3,11-12H2,1-2H3,(H,22,24)(H,23,25). The molecule has 0 saturated heterocycles. The summed E-state index contributed by atoms with van der Waals surface area (Å²) < 4.78 is 4.91. The summed E-state index contributed by atoms with van der Waals surface area (Å²) in [5, 5.41) is 6.04. The molecule has 0 aromatic heterocycles. The van der Waals surface area contributed by atoms with Gasteiger partial charge in [-0.05, 0) is 55.8 Å². The van der Waals surface area contributed by atoms with Crippen LogP contribution in [0.3, 0.4) is 0 Å². The number of esters is 1. The molecule has 2 aromatic rings. The molecule has 0 aliphatic carbocycles. The Morgan fingerprint density at radius 1 is 1.00 bits per heavy atom. The smallest absolute Gasteiger partial charge is 0.338 e. The summed E-state index contributed by atoms with van der Waals surface area (Å²) in [6.07, 6.45) is 0. The Bertz CT molecular complexity index is 856. The minimum atomic E-state index is -0.406. The lowest BCUT2D eigenvalue weighted by Crippen LogP contribution is -2.18. The molecule has 148 valence electrons. The van der Waals surface area contributed by atoms with Crippen LogP contribution in [0.15, 0.2) is 42.5 Å². The number of anilines is 2. The maximum Gasteiger partial charge on any atom is 0.338 e. The number of thioether (sulfide) groups is 1. The van der Waals surface area contributed by atoms with Gasteiger partial charge >= 0.3 is 5.97 Å². The van der Waals surface area contributed by atoms with Crippen LogP contribution in [-0.2, 0) is 14.3 Å². The molecular formula is C20H21ClN2O4S. The van der Waals surface area contributed by atoms with Crippen LogP contribution in [0.4, 0.5) is 11.4 Å². The molecule has 0 saturated carbocycles. The van der Waals surface area contributed by atoms with Gasteiger partial charge in [0.25, 0.3) is 0 Å². The lowest BCUT2D eigenvalue weighted by atomic mass is 10.2. The van der Waals surface area contributed by atoms with Gasteiger partial charge in [-0.15, -0.1) is 11.8 Å². The molecule has 0 heterocycles. The van der Waals surface area contributed by atoms with Crippen LogP contribution in [-0.4, -0.2) is 35.9 Å². The predicted octanol–water partition coefficient (Wildman–Crippen LogP) is 4.14. The van der Waals surface area contributed by atoms with Crippen LogP contribution >= 0.6 is 23.4 Å². The summed E-state index contributed by atoms with van der Waals surface area (Å²) in [6.45, 7) is 3.92. The number of nitrogens with one attached hydrogen (secondary N) is 2. The van der Waals surface area contributed by atoms with Crippen LogP contribution in [0.5, 0.6) is 0 Å². The largest absolute Gasteiger partial charge is 0.462 e. The highest BCUT2D eigenvalue weighted by Crippen LogP contribution is 2.20. The Morgan fingerprint density at radius 3 is 2.29 bits per heavy atom. The zero-order valence-electron chi connectivity index (χ0n) is 15.6. The van der Waals surface area contributed by atoms with Gasteiger partial charge in [-0.2, -0.15) is 0 Å². The molecule has 2 rings (SSSR count). The summed E-state index contributed by atoms with van der Waals surface area (Å²) in [5.41, 5.74) is 2.55. The third kappa shape index (κ3) is 6.90. The van der Waals surface area contributed by atoms with Gasteiger partial charge in [0.1, 0.15) is 0 Å². The maximum atomic E-state index is 12.0. The van der Waals surface area contributed by atoms with Crippen molar-refractivity contribution in [3.05, 3.63) is 58.6 Å². The zero-order valence-corrected chi connectivity index (χ0v) is 17.2. The maximum absolute atomic E-state index is 12.0. The Balaban J connectivity index is 1.75. The lowest BCUT2D eigenvalue weighted by molar-refractivity contribution is -0.114. The SMILES string of the molecule is CCOC(=O)c1ccc(NC(=O)CSCC(=O)Nc2cc(Cl)ccc2C)cc1. The fourth-order valence-corrected chi connectivity index (χ4v) is 3.04. The van der Waals surface area contributed by atoms with E-state index in [2.05, 4.69) is 10.6 Å². The molecular weight excluding hydrogens is 400 g/mol. The molecule has 2 amide bonds. The highest BCUT2D eigenvalue weighted by Gasteiger charge is 2.09. The first-order valence-electron chi connectivity index (χ1n) is 8.60. The summed E-state index contributed by atoms with van der Waals surface area (Å²) in [5.74, 6) is -0.581. The van der Waals surface area contributed by atoms with Crippen LogP contribution < -0.4 is 10.6 Å². The van der Waals surface area contributed by atoms with Crippen molar-refractivity contribution in [2.24, 2.45) is 0 Å². The van der Waals surface area contributed by atoms with Gasteiger partial charge in [0, 0.05) is 16.4 Å². The molecule has 2 N–H and O–H groups in total. The Morgan fingerprint density at radius 2 is 1.64 bits per heavy atom. The van der Waals surface area contributed by atoms with E-state index in [9.17, 15) is 14.4 Å². The first kappa shape index (κ1) is 21.8. The van der Waals surface area contributed by atoms with Crippen molar-refractivity contribution in [2.45, 2.75) is 13.8 Å². The zero-order chi connectivity index (χ0) is 20.5. The molecule has 0 aliphatic rings. The first-order valence-corrected chi connectivity index (χ1v) is 10.1. The fraction of sp³-hybridized carbons (Fsp3) is 0.250. The van der Waals surface area contributed by atoms with Gasteiger partial charge in [0.2, 0.25) is 11.8 Å². The number of benzene rings is 2. The number of carbonyl (C=O) groups is 3. The average molecular weight is 421 g/mol. The molecule has 2 aromatic carbocycles. The molecule has 28 heavy (non-hydrogen) atoms. The van der Waals surface area contributed by atoms with E-state index in [0.29, 0.717) is 28.6 Å². The number of halogens is 1. The lowest BCUT2D eigenvalue weighted by Gasteiger charge is -2.09. The number of amides is 2. The predicted molar refractivity (Wildman–Crippen MR) is 113 cm³/mol. The normalized spacial score (nSPS) is 10.2. The Labute approximate surface area is 173 Å². The second-order valence-corrected chi connectivity index (χ2v) is 7.27. The van der Waals surface area contributed by atoms with E-state index in [-0.39, 0.29) is 23.3 Å². The number of hydrogen-bond acceptors (Lipinski definition) is 5. The van der Waals surface area contributed by atoms with Gasteiger partial charge in [-0.3, -0.25) is 9.59 Å². The minimum absolute atomic E-state index is 0.127. The van der Waals surface area contributed by atoms with Gasteiger partial charge < -0.3 is 15.4 Å². The van der Waals surface area contributed by atoms with Crippen molar-refractivity contribution in [3.8, 4) is 0 Å². The van der Waals surface area contributed by atoms with E-state index in [1.54, 1.807) is 43.3 Å². The summed E-state index contributed by atoms with van der Waals surface area (Å²) in [6, 6.07) is 11.7. The second kappa shape index (κ2) is 10.7. The highest BCUT2D eigenvalue weighted by atomic mass is 35.5. The van der Waals surface area contributed by atoms with Crippen molar-refractivity contribution in [1.82, 2.24) is 0 Å². The van der Waals surface area contributed by atoms with E-state index < -0.39 is 5.97 Å². The quantitative estimate of drug-likeness (QED) is 0.627. The fourth-order valence-electron chi connectivity index (χ4n) is 2.25. The summed E-state index contributed by atoms with van der Waals surface area (Å²) in [7, 11) is 0. The topological polar surface area (TPSA) is 84.5 Å². The molecule has 0 unspecified atom stereocenters. The number of aryl methyl sites for hydroxylation is 1. The molecule has 0 radical (unpaired) electrons. The van der Waals surface area contributed by atoms with Gasteiger partial charge in [0.15, 0.2) is 0 Å². The number of hydrogen-bond donors (Lipinski definition) is 2. The average Bonchev–Trinajstić information content (AvgIpc) is 2.65. The van der Waals surface area contributed by atoms with Gasteiger partial charge in [-0.1, -0.05) is 17.7 Å². The van der Waals surface area contributed by atoms with Gasteiger partial charge in [0.05, 0.1) is 23.7 Å². The molecule has 0 atom stereocenters. The van der Waals surface area contributed by atoms with Crippen molar-refractivity contribution >= 4 is 52.5 Å². The monoisotopic (exact) mass is 420 g/mol. The van der Waals surface area contributed by atoms with E-state index in [4.69, 9.17) is 16.3 Å². The van der Waals surface area contributed by atoms with Crippen LogP contribution in [0.25, 0.3) is 0 Å². The second-order valence-electron chi connectivity index (χ2n) is 5.85. The molecule has 0 fully saturated rings. The van der Waals surface area contributed by atoms with Crippen LogP contribution in [0.2, 0.25) is 5.02 Å². The van der Waals surface area contributed by atoms with E-state index in [0.717, 1.165) is 5.56 Å². The molecule has 6 nitrogen and oxygen atoms in total. The molecule has 0 spiro atoms. The highest BCUT2D eigenvalue weighted by molar-refractivity contribution is 8.00. The Kier molecular flexibility index (Phi) is 8.35. The van der Waals surface area contributed by atoms with Crippen LogP contribution in [0, 0.1) is 6.92 Å². The van der Waals surface area contributed by atoms with E-state index >= 15 is 0 Å². The van der Waals surface area contributed by atoms with Crippen molar-refractivity contribution in [2.75, 3.05) is 28.7 Å². The van der Waals surface area contributed by atoms with Crippen molar-refractivity contribution in [3.63, 3.8) is 0 Å². The van der Waals surface area contributed by atoms with Crippen molar-refractivity contribution < 1.29 is 19.1 Å². The molecule has 8 heteroatoms. The number of carbonyl (C=O) groups excluding carboxylic acids is 3. The molecule has 0 bridgehead atoms. The number of rotatable bonds is 8. The van der Waals surface area contributed by atoms with E-state index in [1.807, 2.05) is 13.0 Å². The summed E-state index contributed by atoms with van der Waals surface area (Å²) in [4.78, 5) is 35.6. The van der Waals surface area contributed by atoms with Gasteiger partial charge in [-0.25, -0.2) is 4.79 Å². The third-order valence-corrected chi connectivity index (χ3v) is 4.79. The van der Waals surface area contributed by atoms with E-state index in [1.165, 1.54) is 11.8 Å². The summed E-state index contributed by atoms with van der Waals surface area (Å²) >= 11 is 7.13. The third-order valence-electron chi connectivity index (χ3n) is 3.62. The first-order chi connectivity index (χ1) is 13.4. The number of ether oxygens (including phenoxy) is 1. The molecule has 0 aliphatic heterocycles. The Hall–Kier alpha value is -2.51.